The first-order chi connectivity index (χ1) is 8.56. The number of aliphatic hydroxyl groups is 1. The van der Waals surface area contributed by atoms with Crippen LogP contribution in [0.2, 0.25) is 0 Å². The summed E-state index contributed by atoms with van der Waals surface area (Å²) in [5.41, 5.74) is 6.00. The highest BCUT2D eigenvalue weighted by Gasteiger charge is 2.20. The maximum absolute atomic E-state index is 13.6. The average Bonchev–Trinajstić information content (AvgIpc) is 2.67. The van der Waals surface area contributed by atoms with Crippen LogP contribution in [0.1, 0.15) is 9.67 Å². The van der Waals surface area contributed by atoms with Crippen molar-refractivity contribution < 1.29 is 14.3 Å². The lowest BCUT2D eigenvalue weighted by Crippen LogP contribution is -2.29. The molecule has 1 aromatic carbocycles. The second-order valence-electron chi connectivity index (χ2n) is 3.91. The number of amides is 1. The lowest BCUT2D eigenvalue weighted by molar-refractivity contribution is 0.0772. The Morgan fingerprint density at radius 2 is 2.28 bits per heavy atom. The largest absolute Gasteiger partial charge is 0.397 e. The van der Waals surface area contributed by atoms with Gasteiger partial charge in [-0.1, -0.05) is 6.07 Å². The summed E-state index contributed by atoms with van der Waals surface area (Å²) in [6.45, 7) is 0.0937. The lowest BCUT2D eigenvalue weighted by Gasteiger charge is -2.14. The van der Waals surface area contributed by atoms with Crippen LogP contribution >= 0.6 is 11.3 Å². The summed E-state index contributed by atoms with van der Waals surface area (Å²) < 4.78 is 14.3. The van der Waals surface area contributed by atoms with Crippen molar-refractivity contribution in [3.63, 3.8) is 0 Å². The minimum atomic E-state index is -0.426. The van der Waals surface area contributed by atoms with Crippen molar-refractivity contribution in [1.29, 1.82) is 0 Å². The molecule has 0 spiro atoms. The molecule has 0 unspecified atom stereocenters. The molecule has 18 heavy (non-hydrogen) atoms. The third kappa shape index (κ3) is 2.04. The highest BCUT2D eigenvalue weighted by atomic mass is 32.1. The Morgan fingerprint density at radius 1 is 1.56 bits per heavy atom. The summed E-state index contributed by atoms with van der Waals surface area (Å²) in [7, 11) is 1.57. The molecule has 0 saturated carbocycles. The Kier molecular flexibility index (Phi) is 3.49. The van der Waals surface area contributed by atoms with Gasteiger partial charge in [0.25, 0.3) is 5.91 Å². The predicted octanol–water partition coefficient (Wildman–Crippen LogP) is 1.69. The number of hydrogen-bond acceptors (Lipinski definition) is 4. The third-order valence-electron chi connectivity index (χ3n) is 2.68. The van der Waals surface area contributed by atoms with Gasteiger partial charge in [0.05, 0.1) is 17.7 Å². The van der Waals surface area contributed by atoms with Crippen LogP contribution in [0.5, 0.6) is 0 Å². The van der Waals surface area contributed by atoms with Crippen LogP contribution in [0.15, 0.2) is 18.2 Å². The number of carbonyl (C=O) groups is 1. The van der Waals surface area contributed by atoms with Gasteiger partial charge >= 0.3 is 0 Å². The van der Waals surface area contributed by atoms with Crippen LogP contribution in [0.25, 0.3) is 10.1 Å². The molecule has 3 N–H and O–H groups in total. The summed E-state index contributed by atoms with van der Waals surface area (Å²) in [5, 5.41) is 9.10. The number of thiophene rings is 1. The van der Waals surface area contributed by atoms with Crippen LogP contribution in [0.4, 0.5) is 10.1 Å². The number of halogens is 1. The summed E-state index contributed by atoms with van der Waals surface area (Å²) in [6.07, 6.45) is 0. The first-order valence-corrected chi connectivity index (χ1v) is 6.20. The minimum absolute atomic E-state index is 0.124. The van der Waals surface area contributed by atoms with E-state index in [9.17, 15) is 9.18 Å². The maximum Gasteiger partial charge on any atom is 0.265 e. The normalized spacial score (nSPS) is 10.8. The van der Waals surface area contributed by atoms with E-state index in [2.05, 4.69) is 0 Å². The van der Waals surface area contributed by atoms with E-state index < -0.39 is 5.82 Å². The fraction of sp³-hybridized carbons (Fsp3) is 0.250. The first kappa shape index (κ1) is 12.8. The van der Waals surface area contributed by atoms with Crippen LogP contribution in [0, 0.1) is 5.82 Å². The van der Waals surface area contributed by atoms with E-state index in [0.29, 0.717) is 15.0 Å². The smallest absolute Gasteiger partial charge is 0.265 e. The summed E-state index contributed by atoms with van der Waals surface area (Å²) in [6, 6.07) is 4.62. The van der Waals surface area contributed by atoms with Gasteiger partial charge in [0.15, 0.2) is 0 Å². The molecule has 2 rings (SSSR count). The SMILES string of the molecule is CN(CCO)C(=O)c1sc2cccc(F)c2c1N. The molecule has 0 radical (unpaired) electrons. The van der Waals surface area contributed by atoms with Crippen LogP contribution < -0.4 is 5.73 Å². The standard InChI is InChI=1S/C12H13FN2O2S/c1-15(5-6-16)12(17)11-10(14)9-7(13)3-2-4-8(9)18-11/h2-4,16H,5-6,14H2,1H3. The number of likely N-dealkylation sites (N-methyl/N-ethyl adjacent to an activating group) is 1. The number of rotatable bonds is 3. The molecule has 0 atom stereocenters. The molecule has 0 bridgehead atoms. The third-order valence-corrected chi connectivity index (χ3v) is 3.84. The molecular weight excluding hydrogens is 255 g/mol. The molecule has 1 heterocycles. The molecule has 4 nitrogen and oxygen atoms in total. The lowest BCUT2D eigenvalue weighted by atomic mass is 10.2. The molecule has 0 aliphatic rings. The quantitative estimate of drug-likeness (QED) is 0.890. The summed E-state index contributed by atoms with van der Waals surface area (Å²) >= 11 is 1.16. The van der Waals surface area contributed by atoms with E-state index in [4.69, 9.17) is 10.8 Å². The molecule has 2 aromatic rings. The van der Waals surface area contributed by atoms with Crippen molar-refractivity contribution in [2.24, 2.45) is 0 Å². The molecule has 0 aliphatic carbocycles. The Morgan fingerprint density at radius 3 is 2.89 bits per heavy atom. The number of nitrogens with two attached hydrogens (primary N) is 1. The number of aliphatic hydroxyl groups excluding tert-OH is 1. The summed E-state index contributed by atoms with van der Waals surface area (Å²) in [5.74, 6) is -0.729. The van der Waals surface area contributed by atoms with Crippen LogP contribution in [-0.4, -0.2) is 36.1 Å². The van der Waals surface area contributed by atoms with Gasteiger partial charge in [0.1, 0.15) is 10.7 Å². The van der Waals surface area contributed by atoms with Gasteiger partial charge in [-0.15, -0.1) is 11.3 Å². The molecule has 1 amide bonds. The van der Waals surface area contributed by atoms with E-state index in [1.54, 1.807) is 19.2 Å². The van der Waals surface area contributed by atoms with E-state index in [1.165, 1.54) is 11.0 Å². The van der Waals surface area contributed by atoms with Crippen molar-refractivity contribution in [2.45, 2.75) is 0 Å². The zero-order valence-electron chi connectivity index (χ0n) is 9.81. The van der Waals surface area contributed by atoms with Crippen molar-refractivity contribution >= 4 is 33.0 Å². The Balaban J connectivity index is 2.49. The van der Waals surface area contributed by atoms with Gasteiger partial charge < -0.3 is 15.7 Å². The number of carbonyl (C=O) groups excluding carboxylic acids is 1. The number of nitrogens with zero attached hydrogens (tertiary/aromatic N) is 1. The van der Waals surface area contributed by atoms with Gasteiger partial charge in [0, 0.05) is 18.3 Å². The average molecular weight is 268 g/mol. The van der Waals surface area contributed by atoms with Crippen molar-refractivity contribution in [3.05, 3.63) is 28.9 Å². The maximum atomic E-state index is 13.6. The number of anilines is 1. The summed E-state index contributed by atoms with van der Waals surface area (Å²) in [4.78, 5) is 13.7. The molecule has 6 heteroatoms. The Hall–Kier alpha value is -1.66. The molecular formula is C12H13FN2O2S. The molecule has 0 fully saturated rings. The van der Waals surface area contributed by atoms with Crippen LogP contribution in [-0.2, 0) is 0 Å². The monoisotopic (exact) mass is 268 g/mol. The first-order valence-electron chi connectivity index (χ1n) is 5.39. The molecule has 96 valence electrons. The zero-order chi connectivity index (χ0) is 13.3. The number of benzene rings is 1. The second kappa shape index (κ2) is 4.91. The van der Waals surface area contributed by atoms with Gasteiger partial charge in [-0.05, 0) is 12.1 Å². The fourth-order valence-electron chi connectivity index (χ4n) is 1.71. The fourth-order valence-corrected chi connectivity index (χ4v) is 2.84. The van der Waals surface area contributed by atoms with E-state index in [0.717, 1.165) is 11.3 Å². The minimum Gasteiger partial charge on any atom is -0.397 e. The van der Waals surface area contributed by atoms with Gasteiger partial charge in [-0.2, -0.15) is 0 Å². The number of hydrogen-bond donors (Lipinski definition) is 2. The van der Waals surface area contributed by atoms with E-state index in [1.807, 2.05) is 0 Å². The van der Waals surface area contributed by atoms with Crippen LogP contribution in [0.3, 0.4) is 0 Å². The second-order valence-corrected chi connectivity index (χ2v) is 4.96. The van der Waals surface area contributed by atoms with E-state index >= 15 is 0 Å². The topological polar surface area (TPSA) is 66.6 Å². The molecule has 1 aromatic heterocycles. The Labute approximate surface area is 107 Å². The van der Waals surface area contributed by atoms with Crippen molar-refractivity contribution in [1.82, 2.24) is 4.90 Å². The van der Waals surface area contributed by atoms with Crippen molar-refractivity contribution in [2.75, 3.05) is 25.9 Å². The highest BCUT2D eigenvalue weighted by Crippen LogP contribution is 2.35. The zero-order valence-corrected chi connectivity index (χ0v) is 10.6. The predicted molar refractivity (Wildman–Crippen MR) is 70.2 cm³/mol. The molecule has 0 saturated heterocycles. The van der Waals surface area contributed by atoms with Gasteiger partial charge in [-0.25, -0.2) is 4.39 Å². The van der Waals surface area contributed by atoms with Crippen molar-refractivity contribution in [3.8, 4) is 0 Å². The number of fused-ring (bicyclic) bond motifs is 1. The van der Waals surface area contributed by atoms with Gasteiger partial charge in [0.2, 0.25) is 0 Å². The highest BCUT2D eigenvalue weighted by molar-refractivity contribution is 7.21. The van der Waals surface area contributed by atoms with Gasteiger partial charge in [-0.3, -0.25) is 4.79 Å². The Bertz CT molecular complexity index is 597. The molecule has 0 aliphatic heterocycles. The number of nitrogen functional groups attached to an aromatic ring is 1. The van der Waals surface area contributed by atoms with E-state index in [-0.39, 0.29) is 24.7 Å².